The summed E-state index contributed by atoms with van der Waals surface area (Å²) in [7, 11) is 1.52. The quantitative estimate of drug-likeness (QED) is 0.927. The van der Waals surface area contributed by atoms with Gasteiger partial charge in [-0.3, -0.25) is 0 Å². The van der Waals surface area contributed by atoms with Gasteiger partial charge in [0.1, 0.15) is 11.0 Å². The number of methoxy groups -OCH3 is 1. The molecule has 0 saturated heterocycles. The van der Waals surface area contributed by atoms with Crippen molar-refractivity contribution < 1.29 is 14.2 Å². The van der Waals surface area contributed by atoms with Crippen LogP contribution in [0, 0.1) is 5.82 Å². The van der Waals surface area contributed by atoms with Crippen LogP contribution in [0.2, 0.25) is 5.15 Å². The first kappa shape index (κ1) is 13.0. The third kappa shape index (κ3) is 2.38. The van der Waals surface area contributed by atoms with E-state index in [0.717, 1.165) is 0 Å². The third-order valence-corrected chi connectivity index (χ3v) is 2.88. The summed E-state index contributed by atoms with van der Waals surface area (Å²) in [6, 6.07) is 5.90. The number of benzene rings is 1. The van der Waals surface area contributed by atoms with Crippen molar-refractivity contribution in [2.45, 2.75) is 13.2 Å². The van der Waals surface area contributed by atoms with Crippen molar-refractivity contribution >= 4 is 11.6 Å². The topological polar surface area (TPSA) is 47.3 Å². The van der Waals surface area contributed by atoms with E-state index in [0.29, 0.717) is 16.9 Å². The van der Waals surface area contributed by atoms with Crippen LogP contribution < -0.4 is 0 Å². The number of ether oxygens (including phenoxy) is 1. The first-order valence-electron chi connectivity index (χ1n) is 5.29. The zero-order valence-corrected chi connectivity index (χ0v) is 10.5. The van der Waals surface area contributed by atoms with E-state index < -0.39 is 0 Å². The maximum absolute atomic E-state index is 13.2. The molecule has 0 radical (unpaired) electrons. The Balaban J connectivity index is 2.51. The van der Waals surface area contributed by atoms with E-state index in [1.54, 1.807) is 12.1 Å². The van der Waals surface area contributed by atoms with Gasteiger partial charge in [-0.05, 0) is 18.2 Å². The molecule has 0 unspecified atom stereocenters. The molecule has 0 fully saturated rings. The molecule has 96 valence electrons. The van der Waals surface area contributed by atoms with Crippen LogP contribution >= 0.6 is 11.6 Å². The van der Waals surface area contributed by atoms with Crippen LogP contribution in [0.1, 0.15) is 11.3 Å². The van der Waals surface area contributed by atoms with Gasteiger partial charge in [0.2, 0.25) is 0 Å². The second-order valence-corrected chi connectivity index (χ2v) is 4.06. The van der Waals surface area contributed by atoms with Gasteiger partial charge in [-0.1, -0.05) is 17.7 Å². The lowest BCUT2D eigenvalue weighted by Crippen LogP contribution is -1.98. The molecular formula is C12H12ClFN2O2. The Morgan fingerprint density at radius 2 is 2.28 bits per heavy atom. The first-order chi connectivity index (χ1) is 8.67. The van der Waals surface area contributed by atoms with Gasteiger partial charge < -0.3 is 9.84 Å². The van der Waals surface area contributed by atoms with Gasteiger partial charge in [0.05, 0.1) is 24.6 Å². The second kappa shape index (κ2) is 5.48. The Morgan fingerprint density at radius 3 is 2.89 bits per heavy atom. The summed E-state index contributed by atoms with van der Waals surface area (Å²) in [6.07, 6.45) is 0. The fraction of sp³-hybridized carbons (Fsp3) is 0.250. The molecule has 0 spiro atoms. The normalized spacial score (nSPS) is 10.9. The molecule has 1 heterocycles. The molecule has 1 aromatic heterocycles. The lowest BCUT2D eigenvalue weighted by Gasteiger charge is -2.02. The minimum absolute atomic E-state index is 0.234. The Morgan fingerprint density at radius 1 is 1.50 bits per heavy atom. The van der Waals surface area contributed by atoms with Gasteiger partial charge in [0.15, 0.2) is 0 Å². The van der Waals surface area contributed by atoms with E-state index in [9.17, 15) is 9.50 Å². The highest BCUT2D eigenvalue weighted by atomic mass is 35.5. The largest absolute Gasteiger partial charge is 0.391 e. The van der Waals surface area contributed by atoms with Crippen LogP contribution in [0.25, 0.3) is 5.69 Å². The van der Waals surface area contributed by atoms with Gasteiger partial charge in [-0.2, -0.15) is 5.10 Å². The molecule has 0 aliphatic rings. The summed E-state index contributed by atoms with van der Waals surface area (Å²) in [6.45, 7) is -0.00916. The number of aliphatic hydroxyl groups is 1. The van der Waals surface area contributed by atoms with Crippen LogP contribution in [0.5, 0.6) is 0 Å². The highest BCUT2D eigenvalue weighted by Crippen LogP contribution is 2.24. The number of halogens is 2. The van der Waals surface area contributed by atoms with Crippen molar-refractivity contribution in [1.82, 2.24) is 9.78 Å². The zero-order chi connectivity index (χ0) is 13.1. The molecule has 0 atom stereocenters. The van der Waals surface area contributed by atoms with Crippen molar-refractivity contribution in [3.63, 3.8) is 0 Å². The van der Waals surface area contributed by atoms with E-state index in [-0.39, 0.29) is 24.2 Å². The standard InChI is InChI=1S/C12H12ClFN2O2/c1-18-7-11-10(6-17)12(13)16(15-11)9-4-2-3-8(14)5-9/h2-5,17H,6-7H2,1H3. The number of rotatable bonds is 4. The molecule has 6 heteroatoms. The van der Waals surface area contributed by atoms with Crippen molar-refractivity contribution in [3.8, 4) is 5.69 Å². The van der Waals surface area contributed by atoms with Crippen molar-refractivity contribution in [3.05, 3.63) is 46.5 Å². The average Bonchev–Trinajstić information content (AvgIpc) is 2.66. The second-order valence-electron chi connectivity index (χ2n) is 3.70. The molecule has 2 aromatic rings. The van der Waals surface area contributed by atoms with E-state index in [4.69, 9.17) is 16.3 Å². The molecule has 0 aliphatic carbocycles. The lowest BCUT2D eigenvalue weighted by atomic mass is 10.2. The third-order valence-electron chi connectivity index (χ3n) is 2.50. The van der Waals surface area contributed by atoms with E-state index in [1.807, 2.05) is 0 Å². The summed E-state index contributed by atoms with van der Waals surface area (Å²) >= 11 is 6.11. The average molecular weight is 271 g/mol. The molecular weight excluding hydrogens is 259 g/mol. The van der Waals surface area contributed by atoms with Crippen molar-refractivity contribution in [2.75, 3.05) is 7.11 Å². The van der Waals surface area contributed by atoms with Gasteiger partial charge >= 0.3 is 0 Å². The summed E-state index contributed by atoms with van der Waals surface area (Å²) in [5.41, 5.74) is 1.52. The SMILES string of the molecule is COCc1nn(-c2cccc(F)c2)c(Cl)c1CO. The van der Waals surface area contributed by atoms with E-state index in [2.05, 4.69) is 5.10 Å². The number of hydrogen-bond acceptors (Lipinski definition) is 3. The summed E-state index contributed by atoms with van der Waals surface area (Å²) in [4.78, 5) is 0. The highest BCUT2D eigenvalue weighted by Gasteiger charge is 2.16. The fourth-order valence-corrected chi connectivity index (χ4v) is 1.96. The van der Waals surface area contributed by atoms with Crippen molar-refractivity contribution in [1.29, 1.82) is 0 Å². The molecule has 1 aromatic carbocycles. The fourth-order valence-electron chi connectivity index (χ4n) is 1.66. The first-order valence-corrected chi connectivity index (χ1v) is 5.67. The van der Waals surface area contributed by atoms with Crippen LogP contribution in [-0.4, -0.2) is 22.0 Å². The highest BCUT2D eigenvalue weighted by molar-refractivity contribution is 6.30. The Labute approximate surface area is 109 Å². The molecule has 0 aliphatic heterocycles. The van der Waals surface area contributed by atoms with Gasteiger partial charge in [0, 0.05) is 12.7 Å². The summed E-state index contributed by atoms with van der Waals surface area (Å²) in [5, 5.41) is 13.7. The summed E-state index contributed by atoms with van der Waals surface area (Å²) < 4.78 is 19.5. The number of nitrogens with zero attached hydrogens (tertiary/aromatic N) is 2. The van der Waals surface area contributed by atoms with Crippen LogP contribution in [-0.2, 0) is 18.0 Å². The molecule has 1 N–H and O–H groups in total. The molecule has 0 bridgehead atoms. The molecule has 0 saturated carbocycles. The maximum atomic E-state index is 13.2. The van der Waals surface area contributed by atoms with Crippen molar-refractivity contribution in [2.24, 2.45) is 0 Å². The zero-order valence-electron chi connectivity index (χ0n) is 9.73. The Hall–Kier alpha value is -1.43. The van der Waals surface area contributed by atoms with Crippen LogP contribution in [0.3, 0.4) is 0 Å². The summed E-state index contributed by atoms with van der Waals surface area (Å²) in [5.74, 6) is -0.377. The predicted octanol–water partition coefficient (Wildman–Crippen LogP) is 2.30. The molecule has 0 amide bonds. The van der Waals surface area contributed by atoms with Gasteiger partial charge in [-0.15, -0.1) is 0 Å². The lowest BCUT2D eigenvalue weighted by molar-refractivity contribution is 0.178. The number of hydrogen-bond donors (Lipinski definition) is 1. The molecule has 18 heavy (non-hydrogen) atoms. The smallest absolute Gasteiger partial charge is 0.138 e. The van der Waals surface area contributed by atoms with E-state index >= 15 is 0 Å². The number of aliphatic hydroxyl groups excluding tert-OH is 1. The minimum Gasteiger partial charge on any atom is -0.391 e. The predicted molar refractivity (Wildman–Crippen MR) is 65.2 cm³/mol. The van der Waals surface area contributed by atoms with Gasteiger partial charge in [-0.25, -0.2) is 9.07 Å². The van der Waals surface area contributed by atoms with Crippen LogP contribution in [0.15, 0.2) is 24.3 Å². The monoisotopic (exact) mass is 270 g/mol. The molecule has 2 rings (SSSR count). The van der Waals surface area contributed by atoms with E-state index in [1.165, 1.54) is 23.9 Å². The maximum Gasteiger partial charge on any atom is 0.138 e. The molecule has 4 nitrogen and oxygen atoms in total. The Bertz CT molecular complexity index is 557. The van der Waals surface area contributed by atoms with Gasteiger partial charge in [0.25, 0.3) is 0 Å². The van der Waals surface area contributed by atoms with Crippen LogP contribution in [0.4, 0.5) is 4.39 Å². The minimum atomic E-state index is -0.377. The number of aromatic nitrogens is 2. The Kier molecular flexibility index (Phi) is 3.96.